The van der Waals surface area contributed by atoms with Crippen molar-refractivity contribution < 1.29 is 43.7 Å². The SMILES string of the molecule is O=S(=O)(O)C(F)(F)C(F)=C(F)C(F)(F)F. The van der Waals surface area contributed by atoms with E-state index in [4.69, 9.17) is 4.55 Å². The molecular formula is C4HF7O3S. The number of rotatable bonds is 2. The van der Waals surface area contributed by atoms with Crippen molar-refractivity contribution in [1.82, 2.24) is 0 Å². The first-order chi connectivity index (χ1) is 6.32. The number of alkyl halides is 5. The second kappa shape index (κ2) is 3.63. The number of hydrogen-bond donors (Lipinski definition) is 1. The first-order valence-corrected chi connectivity index (χ1v) is 4.23. The second-order valence-corrected chi connectivity index (χ2v) is 3.58. The van der Waals surface area contributed by atoms with Crippen molar-refractivity contribution in [1.29, 1.82) is 0 Å². The zero-order valence-corrected chi connectivity index (χ0v) is 7.13. The Balaban J connectivity index is 5.65. The monoisotopic (exact) mass is 262 g/mol. The van der Waals surface area contributed by atoms with Gasteiger partial charge in [-0.15, -0.1) is 0 Å². The molecule has 90 valence electrons. The van der Waals surface area contributed by atoms with Gasteiger partial charge in [-0.1, -0.05) is 0 Å². The maximum absolute atomic E-state index is 12.1. The highest BCUT2D eigenvalue weighted by Gasteiger charge is 2.55. The lowest BCUT2D eigenvalue weighted by Crippen LogP contribution is -2.31. The van der Waals surface area contributed by atoms with Gasteiger partial charge in [0.25, 0.3) is 0 Å². The molecule has 0 spiro atoms. The fourth-order valence-corrected chi connectivity index (χ4v) is 0.682. The highest BCUT2D eigenvalue weighted by Crippen LogP contribution is 2.39. The molecule has 0 aromatic carbocycles. The number of hydrogen-bond acceptors (Lipinski definition) is 2. The Labute approximate surface area is 77.9 Å². The molecule has 3 nitrogen and oxygen atoms in total. The normalized spacial score (nSPS) is 16.3. The predicted octanol–water partition coefficient (Wildman–Crippen LogP) is 2.18. The van der Waals surface area contributed by atoms with Gasteiger partial charge in [0, 0.05) is 0 Å². The zero-order valence-electron chi connectivity index (χ0n) is 6.32. The molecule has 0 saturated heterocycles. The van der Waals surface area contributed by atoms with Crippen LogP contribution in [0, 0.1) is 0 Å². The fourth-order valence-electron chi connectivity index (χ4n) is 0.365. The molecular weight excluding hydrogens is 261 g/mol. The molecule has 0 aliphatic rings. The average Bonchev–Trinajstić information content (AvgIpc) is 1.97. The van der Waals surface area contributed by atoms with Crippen molar-refractivity contribution in [2.24, 2.45) is 0 Å². The molecule has 0 atom stereocenters. The predicted molar refractivity (Wildman–Crippen MR) is 31.8 cm³/mol. The van der Waals surface area contributed by atoms with Gasteiger partial charge in [-0.3, -0.25) is 4.55 Å². The Hall–Kier alpha value is -0.840. The molecule has 0 fully saturated rings. The van der Waals surface area contributed by atoms with E-state index in [-0.39, 0.29) is 0 Å². The third kappa shape index (κ3) is 2.81. The van der Waals surface area contributed by atoms with E-state index in [1.165, 1.54) is 0 Å². The molecule has 0 unspecified atom stereocenters. The zero-order chi connectivity index (χ0) is 12.7. The third-order valence-electron chi connectivity index (χ3n) is 1.02. The first-order valence-electron chi connectivity index (χ1n) is 2.79. The lowest BCUT2D eigenvalue weighted by Gasteiger charge is -2.12. The van der Waals surface area contributed by atoms with E-state index in [0.717, 1.165) is 0 Å². The highest BCUT2D eigenvalue weighted by molar-refractivity contribution is 7.87. The minimum atomic E-state index is -6.51. The highest BCUT2D eigenvalue weighted by atomic mass is 32.2. The van der Waals surface area contributed by atoms with E-state index in [1.807, 2.05) is 0 Å². The Morgan fingerprint density at radius 3 is 1.47 bits per heavy atom. The van der Waals surface area contributed by atoms with Gasteiger partial charge in [-0.25, -0.2) is 4.39 Å². The van der Waals surface area contributed by atoms with Crippen LogP contribution in [0.15, 0.2) is 11.7 Å². The quantitative estimate of drug-likeness (QED) is 0.613. The topological polar surface area (TPSA) is 54.4 Å². The van der Waals surface area contributed by atoms with Gasteiger partial charge in [0.1, 0.15) is 0 Å². The number of halogens is 7. The van der Waals surface area contributed by atoms with Gasteiger partial charge in [0.2, 0.25) is 11.7 Å². The van der Waals surface area contributed by atoms with Gasteiger partial charge >= 0.3 is 21.5 Å². The summed E-state index contributed by atoms with van der Waals surface area (Å²) >= 11 is 0. The van der Waals surface area contributed by atoms with Gasteiger partial charge < -0.3 is 0 Å². The van der Waals surface area contributed by atoms with E-state index in [0.29, 0.717) is 0 Å². The summed E-state index contributed by atoms with van der Waals surface area (Å²) in [6.07, 6.45) is -6.11. The molecule has 0 aliphatic heterocycles. The molecule has 0 rings (SSSR count). The Morgan fingerprint density at radius 2 is 1.27 bits per heavy atom. The van der Waals surface area contributed by atoms with Gasteiger partial charge in [-0.05, 0) is 0 Å². The van der Waals surface area contributed by atoms with Crippen molar-refractivity contribution in [2.75, 3.05) is 0 Å². The van der Waals surface area contributed by atoms with E-state index >= 15 is 0 Å². The van der Waals surface area contributed by atoms with Gasteiger partial charge in [0.15, 0.2) is 0 Å². The first kappa shape index (κ1) is 14.2. The molecule has 11 heteroatoms. The molecule has 0 amide bonds. The summed E-state index contributed by atoms with van der Waals surface area (Å²) in [5.74, 6) is -7.84. The van der Waals surface area contributed by atoms with Crippen LogP contribution in [0.4, 0.5) is 30.7 Å². The van der Waals surface area contributed by atoms with Crippen LogP contribution in [-0.2, 0) is 10.1 Å². The minimum absolute atomic E-state index is 3.92. The largest absolute Gasteiger partial charge is 0.445 e. The Bertz CT molecular complexity index is 378. The van der Waals surface area contributed by atoms with E-state index in [9.17, 15) is 39.2 Å². The fraction of sp³-hybridized carbons (Fsp3) is 0.500. The van der Waals surface area contributed by atoms with Crippen molar-refractivity contribution in [2.45, 2.75) is 11.4 Å². The average molecular weight is 262 g/mol. The van der Waals surface area contributed by atoms with Crippen molar-refractivity contribution in [3.63, 3.8) is 0 Å². The molecule has 0 aliphatic carbocycles. The van der Waals surface area contributed by atoms with Crippen LogP contribution >= 0.6 is 0 Å². The molecule has 1 N–H and O–H groups in total. The van der Waals surface area contributed by atoms with Crippen LogP contribution in [0.5, 0.6) is 0 Å². The summed E-state index contributed by atoms with van der Waals surface area (Å²) < 4.78 is 109. The van der Waals surface area contributed by atoms with Crippen molar-refractivity contribution in [3.8, 4) is 0 Å². The maximum Gasteiger partial charge on any atom is 0.445 e. The summed E-state index contributed by atoms with van der Waals surface area (Å²) in [6.45, 7) is 0. The lowest BCUT2D eigenvalue weighted by atomic mass is 10.4. The van der Waals surface area contributed by atoms with Crippen molar-refractivity contribution >= 4 is 10.1 Å². The molecule has 0 bridgehead atoms. The summed E-state index contributed by atoms with van der Waals surface area (Å²) in [5, 5.41) is -5.98. The van der Waals surface area contributed by atoms with Gasteiger partial charge in [0.05, 0.1) is 0 Å². The van der Waals surface area contributed by atoms with Crippen molar-refractivity contribution in [3.05, 3.63) is 11.7 Å². The molecule has 0 saturated carbocycles. The summed E-state index contributed by atoms with van der Waals surface area (Å²) in [5.41, 5.74) is 0. The minimum Gasteiger partial charge on any atom is -0.281 e. The van der Waals surface area contributed by atoms with E-state index in [1.54, 1.807) is 0 Å². The second-order valence-electron chi connectivity index (χ2n) is 2.12. The number of allylic oxidation sites excluding steroid dienone is 1. The molecule has 15 heavy (non-hydrogen) atoms. The van der Waals surface area contributed by atoms with Crippen LogP contribution in [-0.4, -0.2) is 24.4 Å². The summed E-state index contributed by atoms with van der Waals surface area (Å²) in [4.78, 5) is 0. The van der Waals surface area contributed by atoms with Crippen LogP contribution in [0.3, 0.4) is 0 Å². The van der Waals surface area contributed by atoms with Crippen LogP contribution in [0.1, 0.15) is 0 Å². The maximum atomic E-state index is 12.1. The lowest BCUT2D eigenvalue weighted by molar-refractivity contribution is -0.114. The van der Waals surface area contributed by atoms with Crippen LogP contribution in [0.2, 0.25) is 0 Å². The van der Waals surface area contributed by atoms with Gasteiger partial charge in [-0.2, -0.15) is 34.8 Å². The standard InChI is InChI=1S/C4HF7O3S/c5-1(3(7,8)9)2(6)4(10,11)15(12,13)14/h(H,12,13,14). The Morgan fingerprint density at radius 1 is 0.933 bits per heavy atom. The molecule has 0 aromatic heterocycles. The third-order valence-corrected chi connectivity index (χ3v) is 1.85. The summed E-state index contributed by atoms with van der Waals surface area (Å²) in [6, 6.07) is 0. The summed E-state index contributed by atoms with van der Waals surface area (Å²) in [7, 11) is -6.51. The van der Waals surface area contributed by atoms with Crippen LogP contribution in [0.25, 0.3) is 0 Å². The molecule has 0 radical (unpaired) electrons. The van der Waals surface area contributed by atoms with Crippen LogP contribution < -0.4 is 0 Å². The van der Waals surface area contributed by atoms with E-state index in [2.05, 4.69) is 0 Å². The van der Waals surface area contributed by atoms with E-state index < -0.39 is 33.2 Å². The smallest absolute Gasteiger partial charge is 0.281 e. The molecule has 0 aromatic rings. The molecule has 0 heterocycles. The Kier molecular flexibility index (Phi) is 3.42.